The largest absolute Gasteiger partial charge is 0.350 e. The van der Waals surface area contributed by atoms with E-state index < -0.39 is 0 Å². The number of nitrogens with one attached hydrogen (secondary N) is 1. The summed E-state index contributed by atoms with van der Waals surface area (Å²) in [6.45, 7) is 0.536. The first-order chi connectivity index (χ1) is 11.2. The molecule has 2 aromatic heterocycles. The Morgan fingerprint density at radius 1 is 1.17 bits per heavy atom. The molecular formula is C17H15ClN4O. The maximum Gasteiger partial charge on any atom is 0.269 e. The molecule has 0 aliphatic heterocycles. The van der Waals surface area contributed by atoms with Crippen LogP contribution in [0.25, 0.3) is 5.69 Å². The summed E-state index contributed by atoms with van der Waals surface area (Å²) in [7, 11) is 0. The lowest BCUT2D eigenvalue weighted by Crippen LogP contribution is -2.26. The van der Waals surface area contributed by atoms with E-state index >= 15 is 0 Å². The Morgan fingerprint density at radius 3 is 2.70 bits per heavy atom. The molecule has 0 aliphatic rings. The van der Waals surface area contributed by atoms with Gasteiger partial charge in [0.2, 0.25) is 0 Å². The van der Waals surface area contributed by atoms with E-state index in [1.54, 1.807) is 23.0 Å². The molecule has 0 saturated carbocycles. The molecule has 0 saturated heterocycles. The topological polar surface area (TPSA) is 59.8 Å². The average Bonchev–Trinajstić information content (AvgIpc) is 3.10. The summed E-state index contributed by atoms with van der Waals surface area (Å²) in [6.07, 6.45) is 5.90. The summed E-state index contributed by atoms with van der Waals surface area (Å²) < 4.78 is 1.80. The lowest BCUT2D eigenvalue weighted by Gasteiger charge is -2.06. The minimum Gasteiger partial charge on any atom is -0.350 e. The Hall–Kier alpha value is -2.66. The van der Waals surface area contributed by atoms with Gasteiger partial charge in [-0.3, -0.25) is 9.78 Å². The molecule has 0 unspecified atom stereocenters. The van der Waals surface area contributed by atoms with Crippen LogP contribution in [0.1, 0.15) is 16.1 Å². The standard InChI is InChI=1S/C17H15ClN4O/c18-14-7-10-19-16(12-14)17(23)20-9-6-13-2-4-15(5-3-13)22-11-1-8-21-22/h1-5,7-8,10-12H,6,9H2,(H,20,23). The van der Waals surface area contributed by atoms with Crippen molar-refractivity contribution in [2.45, 2.75) is 6.42 Å². The molecular weight excluding hydrogens is 312 g/mol. The third kappa shape index (κ3) is 3.96. The molecule has 0 spiro atoms. The van der Waals surface area contributed by atoms with E-state index in [1.165, 1.54) is 6.20 Å². The highest BCUT2D eigenvalue weighted by molar-refractivity contribution is 6.30. The van der Waals surface area contributed by atoms with Gasteiger partial charge in [0.15, 0.2) is 0 Å². The van der Waals surface area contributed by atoms with Gasteiger partial charge in [0, 0.05) is 30.2 Å². The van der Waals surface area contributed by atoms with Crippen LogP contribution in [-0.2, 0) is 6.42 Å². The maximum atomic E-state index is 12.0. The Labute approximate surface area is 138 Å². The molecule has 0 aliphatic carbocycles. The van der Waals surface area contributed by atoms with Crippen LogP contribution >= 0.6 is 11.6 Å². The highest BCUT2D eigenvalue weighted by atomic mass is 35.5. The fourth-order valence-corrected chi connectivity index (χ4v) is 2.34. The number of hydrogen-bond acceptors (Lipinski definition) is 3. The van der Waals surface area contributed by atoms with Gasteiger partial charge in [-0.2, -0.15) is 5.10 Å². The SMILES string of the molecule is O=C(NCCc1ccc(-n2cccn2)cc1)c1cc(Cl)ccn1. The lowest BCUT2D eigenvalue weighted by molar-refractivity contribution is 0.0949. The van der Waals surface area contributed by atoms with Crippen molar-refractivity contribution in [3.8, 4) is 5.69 Å². The van der Waals surface area contributed by atoms with E-state index in [4.69, 9.17) is 11.6 Å². The molecule has 1 amide bonds. The molecule has 3 rings (SSSR count). The van der Waals surface area contributed by atoms with Crippen molar-refractivity contribution < 1.29 is 4.79 Å². The van der Waals surface area contributed by atoms with Gasteiger partial charge in [0.05, 0.1) is 5.69 Å². The van der Waals surface area contributed by atoms with Crippen molar-refractivity contribution in [2.24, 2.45) is 0 Å². The molecule has 1 aromatic carbocycles. The number of halogens is 1. The third-order valence-electron chi connectivity index (χ3n) is 3.36. The van der Waals surface area contributed by atoms with Gasteiger partial charge in [-0.05, 0) is 42.3 Å². The van der Waals surface area contributed by atoms with Gasteiger partial charge in [-0.15, -0.1) is 0 Å². The second-order valence-electron chi connectivity index (χ2n) is 4.98. The van der Waals surface area contributed by atoms with Gasteiger partial charge in [-0.1, -0.05) is 23.7 Å². The molecule has 3 aromatic rings. The van der Waals surface area contributed by atoms with Gasteiger partial charge < -0.3 is 5.32 Å². The number of aromatic nitrogens is 3. The van der Waals surface area contributed by atoms with Crippen LogP contribution in [0.2, 0.25) is 5.02 Å². The summed E-state index contributed by atoms with van der Waals surface area (Å²) in [5.74, 6) is -0.222. The molecule has 2 heterocycles. The Morgan fingerprint density at radius 2 is 2.00 bits per heavy atom. The van der Waals surface area contributed by atoms with Crippen molar-refractivity contribution in [3.63, 3.8) is 0 Å². The van der Waals surface area contributed by atoms with Gasteiger partial charge in [0.25, 0.3) is 5.91 Å². The third-order valence-corrected chi connectivity index (χ3v) is 3.59. The highest BCUT2D eigenvalue weighted by Gasteiger charge is 2.06. The predicted molar refractivity (Wildman–Crippen MR) is 88.8 cm³/mol. The summed E-state index contributed by atoms with van der Waals surface area (Å²) in [5, 5.41) is 7.52. The van der Waals surface area contributed by atoms with Crippen LogP contribution in [0.3, 0.4) is 0 Å². The quantitative estimate of drug-likeness (QED) is 0.784. The number of pyridine rings is 1. The highest BCUT2D eigenvalue weighted by Crippen LogP contribution is 2.10. The molecule has 6 heteroatoms. The van der Waals surface area contributed by atoms with E-state index in [0.29, 0.717) is 17.3 Å². The number of rotatable bonds is 5. The normalized spacial score (nSPS) is 10.5. The number of carbonyl (C=O) groups is 1. The lowest BCUT2D eigenvalue weighted by atomic mass is 10.1. The smallest absolute Gasteiger partial charge is 0.269 e. The summed E-state index contributed by atoms with van der Waals surface area (Å²) >= 11 is 5.85. The average molecular weight is 327 g/mol. The van der Waals surface area contributed by atoms with Crippen molar-refractivity contribution in [2.75, 3.05) is 6.54 Å². The zero-order valence-electron chi connectivity index (χ0n) is 12.3. The minimum absolute atomic E-state index is 0.222. The van der Waals surface area contributed by atoms with E-state index in [1.807, 2.05) is 36.5 Å². The van der Waals surface area contributed by atoms with Crippen LogP contribution in [0, 0.1) is 0 Å². The monoisotopic (exact) mass is 326 g/mol. The van der Waals surface area contributed by atoms with E-state index in [0.717, 1.165) is 17.7 Å². The summed E-state index contributed by atoms with van der Waals surface area (Å²) in [6, 6.07) is 13.1. The van der Waals surface area contributed by atoms with Crippen molar-refractivity contribution in [1.29, 1.82) is 0 Å². The van der Waals surface area contributed by atoms with Crippen molar-refractivity contribution >= 4 is 17.5 Å². The van der Waals surface area contributed by atoms with E-state index in [9.17, 15) is 4.79 Å². The van der Waals surface area contributed by atoms with Crippen molar-refractivity contribution in [3.05, 3.63) is 77.3 Å². The molecule has 1 N–H and O–H groups in total. The van der Waals surface area contributed by atoms with Gasteiger partial charge in [0.1, 0.15) is 5.69 Å². The first kappa shape index (κ1) is 15.2. The van der Waals surface area contributed by atoms with Crippen LogP contribution in [0.15, 0.2) is 61.1 Å². The zero-order chi connectivity index (χ0) is 16.1. The molecule has 23 heavy (non-hydrogen) atoms. The van der Waals surface area contributed by atoms with Gasteiger partial charge in [-0.25, -0.2) is 4.68 Å². The van der Waals surface area contributed by atoms with Crippen LogP contribution < -0.4 is 5.32 Å². The number of carbonyl (C=O) groups excluding carboxylic acids is 1. The number of benzene rings is 1. The van der Waals surface area contributed by atoms with Crippen molar-refractivity contribution in [1.82, 2.24) is 20.1 Å². The molecule has 0 atom stereocenters. The molecule has 5 nitrogen and oxygen atoms in total. The summed E-state index contributed by atoms with van der Waals surface area (Å²) in [5.41, 5.74) is 2.47. The fourth-order valence-electron chi connectivity index (χ4n) is 2.18. The first-order valence-electron chi connectivity index (χ1n) is 7.21. The molecule has 0 radical (unpaired) electrons. The van der Waals surface area contributed by atoms with E-state index in [2.05, 4.69) is 15.4 Å². The minimum atomic E-state index is -0.222. The fraction of sp³-hybridized carbons (Fsp3) is 0.118. The van der Waals surface area contributed by atoms with E-state index in [-0.39, 0.29) is 5.91 Å². The van der Waals surface area contributed by atoms with Crippen LogP contribution in [0.4, 0.5) is 0 Å². The Kier molecular flexibility index (Phi) is 4.68. The molecule has 0 fully saturated rings. The Balaban J connectivity index is 1.53. The number of amides is 1. The zero-order valence-corrected chi connectivity index (χ0v) is 13.1. The maximum absolute atomic E-state index is 12.0. The first-order valence-corrected chi connectivity index (χ1v) is 7.59. The molecule has 116 valence electrons. The number of hydrogen-bond donors (Lipinski definition) is 1. The second-order valence-corrected chi connectivity index (χ2v) is 5.42. The number of nitrogens with zero attached hydrogens (tertiary/aromatic N) is 3. The second kappa shape index (κ2) is 7.07. The van der Waals surface area contributed by atoms with Crippen LogP contribution in [-0.4, -0.2) is 27.2 Å². The summed E-state index contributed by atoms with van der Waals surface area (Å²) in [4.78, 5) is 16.0. The van der Waals surface area contributed by atoms with Crippen LogP contribution in [0.5, 0.6) is 0 Å². The Bertz CT molecular complexity index is 785. The molecule has 0 bridgehead atoms. The predicted octanol–water partition coefficient (Wildman–Crippen LogP) is 2.89. The van der Waals surface area contributed by atoms with Gasteiger partial charge >= 0.3 is 0 Å².